The maximum atomic E-state index is 13.6. The molecule has 0 aromatic heterocycles. The molecule has 1 N–H and O–H groups in total. The first-order valence-corrected chi connectivity index (χ1v) is 13.4. The Morgan fingerprint density at radius 2 is 1.57 bits per heavy atom. The standard InChI is InChI=1S/C26H36FN3O4S/c1-18(2)22-10-8-9-11-23(22)30(35(7,33)34)17-24(31)29(16-20-12-14-21(27)15-13-20)19(3)25(32)28-26(4,5)6/h8-15,18-19H,16-17H2,1-7H3,(H,28,32). The molecule has 0 radical (unpaired) electrons. The summed E-state index contributed by atoms with van der Waals surface area (Å²) < 4.78 is 40.1. The smallest absolute Gasteiger partial charge is 0.244 e. The van der Waals surface area contributed by atoms with Crippen molar-refractivity contribution >= 4 is 27.5 Å². The molecule has 35 heavy (non-hydrogen) atoms. The van der Waals surface area contributed by atoms with E-state index in [0.29, 0.717) is 11.3 Å². The molecule has 1 atom stereocenters. The maximum absolute atomic E-state index is 13.6. The Morgan fingerprint density at radius 3 is 2.09 bits per heavy atom. The zero-order valence-corrected chi connectivity index (χ0v) is 22.3. The molecule has 0 aliphatic heterocycles. The molecule has 2 rings (SSSR count). The Balaban J connectivity index is 2.46. The van der Waals surface area contributed by atoms with Gasteiger partial charge in [-0.05, 0) is 62.9 Å². The van der Waals surface area contributed by atoms with E-state index in [0.717, 1.165) is 16.1 Å². The van der Waals surface area contributed by atoms with Crippen molar-refractivity contribution in [2.24, 2.45) is 0 Å². The summed E-state index contributed by atoms with van der Waals surface area (Å²) >= 11 is 0. The zero-order valence-electron chi connectivity index (χ0n) is 21.5. The van der Waals surface area contributed by atoms with Gasteiger partial charge in [0.1, 0.15) is 18.4 Å². The summed E-state index contributed by atoms with van der Waals surface area (Å²) in [5.74, 6) is -1.31. The van der Waals surface area contributed by atoms with Crippen LogP contribution in [0.4, 0.5) is 10.1 Å². The molecule has 1 unspecified atom stereocenters. The van der Waals surface area contributed by atoms with Crippen molar-refractivity contribution in [1.29, 1.82) is 0 Å². The third-order valence-corrected chi connectivity index (χ3v) is 6.56. The van der Waals surface area contributed by atoms with Gasteiger partial charge in [-0.1, -0.05) is 44.2 Å². The molecule has 2 aromatic rings. The van der Waals surface area contributed by atoms with Crippen molar-refractivity contribution in [3.63, 3.8) is 0 Å². The zero-order chi connectivity index (χ0) is 26.6. The van der Waals surface area contributed by atoms with Crippen LogP contribution in [-0.2, 0) is 26.2 Å². The Labute approximate surface area is 208 Å². The molecular weight excluding hydrogens is 469 g/mol. The van der Waals surface area contributed by atoms with E-state index in [1.54, 1.807) is 19.1 Å². The summed E-state index contributed by atoms with van der Waals surface area (Å²) in [4.78, 5) is 27.9. The van der Waals surface area contributed by atoms with E-state index in [-0.39, 0.29) is 18.4 Å². The lowest BCUT2D eigenvalue weighted by Gasteiger charge is -2.33. The van der Waals surface area contributed by atoms with Gasteiger partial charge in [-0.3, -0.25) is 13.9 Å². The van der Waals surface area contributed by atoms with Gasteiger partial charge >= 0.3 is 0 Å². The van der Waals surface area contributed by atoms with Gasteiger partial charge in [0.2, 0.25) is 21.8 Å². The van der Waals surface area contributed by atoms with Crippen LogP contribution in [0.3, 0.4) is 0 Å². The molecule has 2 amide bonds. The molecule has 0 fully saturated rings. The van der Waals surface area contributed by atoms with E-state index in [9.17, 15) is 22.4 Å². The van der Waals surface area contributed by atoms with Crippen molar-refractivity contribution in [2.45, 2.75) is 65.6 Å². The summed E-state index contributed by atoms with van der Waals surface area (Å²) in [5.41, 5.74) is 1.30. The van der Waals surface area contributed by atoms with Crippen molar-refractivity contribution in [3.8, 4) is 0 Å². The first-order chi connectivity index (χ1) is 16.1. The molecule has 2 aromatic carbocycles. The van der Waals surface area contributed by atoms with Crippen molar-refractivity contribution in [1.82, 2.24) is 10.2 Å². The summed E-state index contributed by atoms with van der Waals surface area (Å²) in [6.45, 7) is 10.5. The minimum absolute atomic E-state index is 0.0152. The van der Waals surface area contributed by atoms with E-state index >= 15 is 0 Å². The number of anilines is 1. The first kappa shape index (κ1) is 28.3. The minimum atomic E-state index is -3.82. The number of sulfonamides is 1. The topological polar surface area (TPSA) is 86.8 Å². The van der Waals surface area contributed by atoms with Crippen LogP contribution in [-0.4, -0.2) is 49.5 Å². The van der Waals surface area contributed by atoms with Gasteiger partial charge in [0.25, 0.3) is 0 Å². The molecule has 192 valence electrons. The predicted octanol–water partition coefficient (Wildman–Crippen LogP) is 4.05. The highest BCUT2D eigenvalue weighted by Crippen LogP contribution is 2.29. The number of halogens is 1. The molecule has 9 heteroatoms. The average Bonchev–Trinajstić information content (AvgIpc) is 2.74. The quantitative estimate of drug-likeness (QED) is 0.557. The molecule has 0 saturated carbocycles. The lowest BCUT2D eigenvalue weighted by Crippen LogP contribution is -2.54. The number of hydrogen-bond donors (Lipinski definition) is 1. The van der Waals surface area contributed by atoms with Gasteiger partial charge < -0.3 is 10.2 Å². The fourth-order valence-electron chi connectivity index (χ4n) is 3.64. The number of amides is 2. The number of carbonyl (C=O) groups excluding carboxylic acids is 2. The van der Waals surface area contributed by atoms with Crippen molar-refractivity contribution in [2.75, 3.05) is 17.1 Å². The summed E-state index contributed by atoms with van der Waals surface area (Å²) in [7, 11) is -3.82. The van der Waals surface area contributed by atoms with Crippen LogP contribution in [0.1, 0.15) is 58.6 Å². The Kier molecular flexibility index (Phi) is 9.06. The highest BCUT2D eigenvalue weighted by Gasteiger charge is 2.32. The molecule has 0 aliphatic carbocycles. The van der Waals surface area contributed by atoms with E-state index in [2.05, 4.69) is 5.32 Å². The lowest BCUT2D eigenvalue weighted by molar-refractivity contribution is -0.140. The number of hydrogen-bond acceptors (Lipinski definition) is 4. The van der Waals surface area contributed by atoms with Crippen molar-refractivity contribution in [3.05, 3.63) is 65.5 Å². The minimum Gasteiger partial charge on any atom is -0.350 e. The first-order valence-electron chi connectivity index (χ1n) is 11.5. The van der Waals surface area contributed by atoms with E-state index in [4.69, 9.17) is 0 Å². The molecule has 0 spiro atoms. The molecule has 0 aliphatic rings. The predicted molar refractivity (Wildman–Crippen MR) is 137 cm³/mol. The third-order valence-electron chi connectivity index (χ3n) is 5.44. The van der Waals surface area contributed by atoms with Crippen LogP contribution in [0.15, 0.2) is 48.5 Å². The van der Waals surface area contributed by atoms with Crippen LogP contribution in [0.2, 0.25) is 0 Å². The van der Waals surface area contributed by atoms with Crippen molar-refractivity contribution < 1.29 is 22.4 Å². The Hall–Kier alpha value is -2.94. The van der Waals surface area contributed by atoms with Crippen LogP contribution in [0, 0.1) is 5.82 Å². The van der Waals surface area contributed by atoms with E-state index in [1.807, 2.05) is 46.8 Å². The summed E-state index contributed by atoms with van der Waals surface area (Å²) in [6, 6.07) is 11.8. The van der Waals surface area contributed by atoms with Crippen LogP contribution in [0.5, 0.6) is 0 Å². The lowest BCUT2D eigenvalue weighted by atomic mass is 10.0. The number of nitrogens with one attached hydrogen (secondary N) is 1. The van der Waals surface area contributed by atoms with Crippen LogP contribution < -0.4 is 9.62 Å². The molecule has 0 bridgehead atoms. The SMILES string of the molecule is CC(C)c1ccccc1N(CC(=O)N(Cc1ccc(F)cc1)C(C)C(=O)NC(C)(C)C)S(C)(=O)=O. The van der Waals surface area contributed by atoms with E-state index in [1.165, 1.54) is 29.2 Å². The fourth-order valence-corrected chi connectivity index (χ4v) is 4.51. The molecular formula is C26H36FN3O4S. The summed E-state index contributed by atoms with van der Waals surface area (Å²) in [5, 5.41) is 2.86. The third kappa shape index (κ3) is 8.06. The molecule has 7 nitrogen and oxygen atoms in total. The Morgan fingerprint density at radius 1 is 1.00 bits per heavy atom. The molecule has 0 saturated heterocycles. The van der Waals surface area contributed by atoms with Gasteiger partial charge in [0.05, 0.1) is 11.9 Å². The van der Waals surface area contributed by atoms with Gasteiger partial charge in [-0.2, -0.15) is 0 Å². The van der Waals surface area contributed by atoms with E-state index < -0.39 is 39.9 Å². The number of rotatable bonds is 9. The van der Waals surface area contributed by atoms with Gasteiger partial charge in [0.15, 0.2) is 0 Å². The largest absolute Gasteiger partial charge is 0.350 e. The Bertz CT molecular complexity index is 1140. The monoisotopic (exact) mass is 505 g/mol. The van der Waals surface area contributed by atoms with Crippen LogP contribution in [0.25, 0.3) is 0 Å². The second-order valence-corrected chi connectivity index (χ2v) is 12.0. The normalized spacial score (nSPS) is 12.8. The highest BCUT2D eigenvalue weighted by atomic mass is 32.2. The van der Waals surface area contributed by atoms with Crippen LogP contribution >= 0.6 is 0 Å². The fraction of sp³-hybridized carbons (Fsp3) is 0.462. The number of nitrogens with zero attached hydrogens (tertiary/aromatic N) is 2. The maximum Gasteiger partial charge on any atom is 0.244 e. The molecule has 0 heterocycles. The number of carbonyl (C=O) groups is 2. The average molecular weight is 506 g/mol. The summed E-state index contributed by atoms with van der Waals surface area (Å²) in [6.07, 6.45) is 1.05. The van der Waals surface area contributed by atoms with Gasteiger partial charge in [0, 0.05) is 12.1 Å². The number of para-hydroxylation sites is 1. The highest BCUT2D eigenvalue weighted by molar-refractivity contribution is 7.92. The van der Waals surface area contributed by atoms with Gasteiger partial charge in [-0.15, -0.1) is 0 Å². The second-order valence-electron chi connectivity index (χ2n) is 10.0. The second kappa shape index (κ2) is 11.2. The van der Waals surface area contributed by atoms with Gasteiger partial charge in [-0.25, -0.2) is 12.8 Å². The number of benzene rings is 2.